The van der Waals surface area contributed by atoms with E-state index in [2.05, 4.69) is 15.6 Å². The van der Waals surface area contributed by atoms with Crippen LogP contribution in [0.15, 0.2) is 71.7 Å². The first-order chi connectivity index (χ1) is 17.2. The fourth-order valence-corrected chi connectivity index (χ4v) is 3.38. The van der Waals surface area contributed by atoms with Crippen molar-refractivity contribution in [3.05, 3.63) is 77.9 Å². The topological polar surface area (TPSA) is 209 Å². The minimum Gasteiger partial charge on any atom is -0.370 e. The van der Waals surface area contributed by atoms with E-state index in [0.29, 0.717) is 12.0 Å². The fourth-order valence-electron chi connectivity index (χ4n) is 3.38. The molecule has 2 aromatic carbocycles. The van der Waals surface area contributed by atoms with E-state index in [-0.39, 0.29) is 18.9 Å². The molecule has 2 aromatic rings. The molecule has 11 heteroatoms. The molecule has 2 atom stereocenters. The van der Waals surface area contributed by atoms with E-state index in [0.717, 1.165) is 11.1 Å². The van der Waals surface area contributed by atoms with Gasteiger partial charge >= 0.3 is 0 Å². The number of hydrogen-bond acceptors (Lipinski definition) is 5. The van der Waals surface area contributed by atoms with E-state index < -0.39 is 42.1 Å². The fraction of sp³-hybridized carbons (Fsp3) is 0.240. The zero-order valence-corrected chi connectivity index (χ0v) is 19.7. The van der Waals surface area contributed by atoms with Crippen molar-refractivity contribution in [3.8, 4) is 0 Å². The van der Waals surface area contributed by atoms with Crippen molar-refractivity contribution in [3.63, 3.8) is 0 Å². The Balaban J connectivity index is 2.28. The van der Waals surface area contributed by atoms with Crippen LogP contribution in [0.3, 0.4) is 0 Å². The van der Waals surface area contributed by atoms with Crippen LogP contribution in [0.25, 0.3) is 5.57 Å². The summed E-state index contributed by atoms with van der Waals surface area (Å²) in [4.78, 5) is 52.8. The molecule has 0 saturated heterocycles. The maximum atomic E-state index is 13.1. The summed E-state index contributed by atoms with van der Waals surface area (Å²) in [6, 6.07) is 16.2. The van der Waals surface area contributed by atoms with E-state index in [1.807, 2.05) is 60.7 Å². The molecule has 0 bridgehead atoms. The molecular formula is C25H31N7O4. The zero-order valence-electron chi connectivity index (χ0n) is 19.7. The number of benzene rings is 2. The second kappa shape index (κ2) is 13.9. The number of carbonyl (C=O) groups is 4. The lowest BCUT2D eigenvalue weighted by atomic mass is 9.97. The van der Waals surface area contributed by atoms with Crippen LogP contribution in [-0.2, 0) is 19.2 Å². The third-order valence-electron chi connectivity index (χ3n) is 5.09. The van der Waals surface area contributed by atoms with E-state index >= 15 is 0 Å². The molecule has 0 aliphatic rings. The molecule has 11 nitrogen and oxygen atoms in total. The lowest BCUT2D eigenvalue weighted by Gasteiger charge is -2.21. The summed E-state index contributed by atoms with van der Waals surface area (Å²) in [7, 11) is 0. The van der Waals surface area contributed by atoms with Crippen molar-refractivity contribution < 1.29 is 19.2 Å². The minimum atomic E-state index is -1.31. The van der Waals surface area contributed by atoms with Crippen LogP contribution in [0.1, 0.15) is 30.4 Å². The van der Waals surface area contributed by atoms with Crippen LogP contribution in [-0.4, -0.2) is 48.2 Å². The molecule has 0 saturated carbocycles. The van der Waals surface area contributed by atoms with Crippen molar-refractivity contribution in [2.24, 2.45) is 27.9 Å². The van der Waals surface area contributed by atoms with Gasteiger partial charge in [0.25, 0.3) is 0 Å². The number of hydrogen-bond donors (Lipinski definition) is 6. The first-order valence-electron chi connectivity index (χ1n) is 11.2. The van der Waals surface area contributed by atoms with Crippen molar-refractivity contribution in [2.45, 2.75) is 31.3 Å². The molecule has 0 spiro atoms. The summed E-state index contributed by atoms with van der Waals surface area (Å²) in [6.45, 7) is 0.220. The van der Waals surface area contributed by atoms with Crippen molar-refractivity contribution in [2.75, 3.05) is 6.54 Å². The molecule has 0 aromatic heterocycles. The Kier molecular flexibility index (Phi) is 10.6. The number of guanidine groups is 1. The largest absolute Gasteiger partial charge is 0.370 e. The molecule has 4 amide bonds. The molecule has 0 radical (unpaired) electrons. The second-order valence-corrected chi connectivity index (χ2v) is 7.93. The Bertz CT molecular complexity index is 1070. The smallest absolute Gasteiger partial charge is 0.245 e. The Morgan fingerprint density at radius 2 is 1.36 bits per heavy atom. The summed E-state index contributed by atoms with van der Waals surface area (Å²) in [5.41, 5.74) is 23.4. The van der Waals surface area contributed by atoms with Gasteiger partial charge in [0.1, 0.15) is 12.1 Å². The minimum absolute atomic E-state index is 0.103. The first-order valence-corrected chi connectivity index (χ1v) is 11.2. The normalized spacial score (nSPS) is 11.9. The van der Waals surface area contributed by atoms with Crippen molar-refractivity contribution in [1.29, 1.82) is 0 Å². The van der Waals surface area contributed by atoms with Crippen LogP contribution in [0.4, 0.5) is 0 Å². The molecule has 36 heavy (non-hydrogen) atoms. The average Bonchev–Trinajstić information content (AvgIpc) is 2.84. The van der Waals surface area contributed by atoms with Gasteiger partial charge < -0.3 is 33.6 Å². The van der Waals surface area contributed by atoms with Crippen LogP contribution < -0.4 is 33.6 Å². The van der Waals surface area contributed by atoms with E-state index in [1.165, 1.54) is 6.08 Å². The Labute approximate surface area is 209 Å². The number of carbonyl (C=O) groups excluding carboxylic acids is 4. The van der Waals surface area contributed by atoms with Gasteiger partial charge in [-0.15, -0.1) is 0 Å². The predicted molar refractivity (Wildman–Crippen MR) is 137 cm³/mol. The van der Waals surface area contributed by atoms with Crippen LogP contribution in [0.2, 0.25) is 0 Å². The molecule has 2 rings (SSSR count). The molecule has 10 N–H and O–H groups in total. The zero-order chi connectivity index (χ0) is 26.5. The van der Waals surface area contributed by atoms with E-state index in [4.69, 9.17) is 22.9 Å². The number of rotatable bonds is 13. The van der Waals surface area contributed by atoms with Gasteiger partial charge in [0.2, 0.25) is 23.6 Å². The monoisotopic (exact) mass is 493 g/mol. The summed E-state index contributed by atoms with van der Waals surface area (Å²) < 4.78 is 0. The molecule has 0 heterocycles. The number of nitrogens with one attached hydrogen (secondary N) is 2. The highest BCUT2D eigenvalue weighted by atomic mass is 16.2. The highest BCUT2D eigenvalue weighted by Gasteiger charge is 2.26. The van der Waals surface area contributed by atoms with Gasteiger partial charge in [-0.2, -0.15) is 0 Å². The lowest BCUT2D eigenvalue weighted by molar-refractivity contribution is -0.131. The number of primary amides is 2. The second-order valence-electron chi connectivity index (χ2n) is 7.93. The predicted octanol–water partition coefficient (Wildman–Crippen LogP) is -0.498. The van der Waals surface area contributed by atoms with Crippen LogP contribution >= 0.6 is 0 Å². The number of amides is 4. The summed E-state index contributed by atoms with van der Waals surface area (Å²) in [5, 5.41) is 5.05. The Morgan fingerprint density at radius 3 is 1.83 bits per heavy atom. The molecule has 0 fully saturated rings. The molecule has 190 valence electrons. The standard InChI is InChI=1S/C25H31N7O4/c26-21(33)15-20(23(27)35)32-24(36)19(12-7-13-30-25(28)29)31-22(34)14-18(16-8-3-1-4-9-16)17-10-5-2-6-11-17/h1-6,8-11,14,19-20H,7,12-13,15H2,(H2,26,33)(H2,27,35)(H,31,34)(H,32,36)(H4,28,29,30)/t19-,20+/m1/s1. The van der Waals surface area contributed by atoms with Crippen molar-refractivity contribution >= 4 is 35.2 Å². The molecular weight excluding hydrogens is 462 g/mol. The van der Waals surface area contributed by atoms with Crippen molar-refractivity contribution in [1.82, 2.24) is 10.6 Å². The summed E-state index contributed by atoms with van der Waals surface area (Å²) in [6.07, 6.45) is 1.43. The lowest BCUT2D eigenvalue weighted by Crippen LogP contribution is -2.53. The van der Waals surface area contributed by atoms with Gasteiger partial charge in [0, 0.05) is 12.6 Å². The highest BCUT2D eigenvalue weighted by Crippen LogP contribution is 2.23. The maximum Gasteiger partial charge on any atom is 0.245 e. The SMILES string of the molecule is NC(=O)C[C@H](NC(=O)[C@@H](CCCN=C(N)N)NC(=O)C=C(c1ccccc1)c1ccccc1)C(N)=O. The quantitative estimate of drug-likeness (QED) is 0.0937. The van der Waals surface area contributed by atoms with Crippen LogP contribution in [0, 0.1) is 0 Å². The number of nitrogens with zero attached hydrogens (tertiary/aromatic N) is 1. The highest BCUT2D eigenvalue weighted by molar-refractivity contribution is 6.01. The van der Waals surface area contributed by atoms with Gasteiger partial charge in [-0.3, -0.25) is 24.2 Å². The summed E-state index contributed by atoms with van der Waals surface area (Å²) >= 11 is 0. The van der Waals surface area contributed by atoms with Gasteiger partial charge in [-0.25, -0.2) is 0 Å². The van der Waals surface area contributed by atoms with Gasteiger partial charge in [-0.05, 0) is 29.5 Å². The van der Waals surface area contributed by atoms with E-state index in [9.17, 15) is 19.2 Å². The molecule has 0 aliphatic heterocycles. The van der Waals surface area contributed by atoms with E-state index in [1.54, 1.807) is 0 Å². The van der Waals surface area contributed by atoms with Gasteiger partial charge in [0.15, 0.2) is 5.96 Å². The van der Waals surface area contributed by atoms with Gasteiger partial charge in [-0.1, -0.05) is 60.7 Å². The maximum absolute atomic E-state index is 13.1. The molecule has 0 unspecified atom stereocenters. The Hall–Kier alpha value is -4.67. The number of aliphatic imine (C=N–C) groups is 1. The third-order valence-corrected chi connectivity index (χ3v) is 5.09. The Morgan fingerprint density at radius 1 is 0.806 bits per heavy atom. The number of nitrogens with two attached hydrogens (primary N) is 4. The summed E-state index contributed by atoms with van der Waals surface area (Å²) in [5.74, 6) is -3.08. The van der Waals surface area contributed by atoms with Crippen LogP contribution in [0.5, 0.6) is 0 Å². The molecule has 0 aliphatic carbocycles. The van der Waals surface area contributed by atoms with Gasteiger partial charge in [0.05, 0.1) is 6.42 Å². The third kappa shape index (κ3) is 9.29. The first kappa shape index (κ1) is 27.6. The average molecular weight is 494 g/mol.